The van der Waals surface area contributed by atoms with Crippen LogP contribution in [0.3, 0.4) is 0 Å². The molecule has 1 atom stereocenters. The Hall–Kier alpha value is -2.82. The molecule has 3 aromatic carbocycles. The maximum atomic E-state index is 12.7. The topological polar surface area (TPSA) is 61.4 Å². The maximum absolute atomic E-state index is 12.7. The lowest BCUT2D eigenvalue weighted by atomic mass is 9.98. The predicted octanol–water partition coefficient (Wildman–Crippen LogP) is 5.60. The van der Waals surface area contributed by atoms with Crippen LogP contribution in [0.2, 0.25) is 5.02 Å². The highest BCUT2D eigenvalue weighted by atomic mass is 35.5. The van der Waals surface area contributed by atoms with E-state index < -0.39 is 6.04 Å². The van der Waals surface area contributed by atoms with E-state index in [4.69, 9.17) is 11.6 Å². The number of amides is 1. The van der Waals surface area contributed by atoms with Crippen LogP contribution in [0.1, 0.15) is 40.9 Å². The molecule has 5 heteroatoms. The Morgan fingerprint density at radius 2 is 1.83 bits per heavy atom. The Morgan fingerprint density at radius 1 is 1.07 bits per heavy atom. The molecule has 3 N–H and O–H groups in total. The highest BCUT2D eigenvalue weighted by molar-refractivity contribution is 6.30. The normalized spacial score (nSPS) is 11.7. The van der Waals surface area contributed by atoms with E-state index in [9.17, 15) is 9.90 Å². The lowest BCUT2D eigenvalue weighted by Gasteiger charge is -2.17. The van der Waals surface area contributed by atoms with Gasteiger partial charge in [0.1, 0.15) is 0 Å². The van der Waals surface area contributed by atoms with Gasteiger partial charge in [-0.15, -0.1) is 0 Å². The van der Waals surface area contributed by atoms with Crippen LogP contribution in [0.15, 0.2) is 66.7 Å². The van der Waals surface area contributed by atoms with Crippen LogP contribution < -0.4 is 10.6 Å². The number of hydrogen-bond acceptors (Lipinski definition) is 3. The van der Waals surface area contributed by atoms with Crippen molar-refractivity contribution in [2.24, 2.45) is 0 Å². The zero-order valence-corrected chi connectivity index (χ0v) is 18.0. The van der Waals surface area contributed by atoms with Crippen LogP contribution in [0.4, 0.5) is 5.69 Å². The number of hydrogen-bond donors (Lipinski definition) is 3. The summed E-state index contributed by atoms with van der Waals surface area (Å²) >= 11 is 6.03. The highest BCUT2D eigenvalue weighted by Gasteiger charge is 2.15. The molecule has 0 aliphatic heterocycles. The fraction of sp³-hybridized carbons (Fsp3) is 0.240. The van der Waals surface area contributed by atoms with E-state index in [1.807, 2.05) is 30.3 Å². The van der Waals surface area contributed by atoms with Crippen molar-refractivity contribution in [2.75, 3.05) is 18.5 Å². The summed E-state index contributed by atoms with van der Waals surface area (Å²) in [5.41, 5.74) is 5.76. The van der Waals surface area contributed by atoms with Gasteiger partial charge in [-0.1, -0.05) is 48.9 Å². The van der Waals surface area contributed by atoms with Gasteiger partial charge in [-0.3, -0.25) is 4.79 Å². The molecule has 0 saturated carbocycles. The number of aliphatic hydroxyl groups is 1. The van der Waals surface area contributed by atoms with Crippen molar-refractivity contribution in [3.05, 3.63) is 88.4 Å². The van der Waals surface area contributed by atoms with Gasteiger partial charge in [-0.05, 0) is 72.0 Å². The summed E-state index contributed by atoms with van der Waals surface area (Å²) in [6.07, 6.45) is 1.07. The fourth-order valence-corrected chi connectivity index (χ4v) is 3.51. The van der Waals surface area contributed by atoms with E-state index in [2.05, 4.69) is 42.7 Å². The molecule has 30 heavy (non-hydrogen) atoms. The minimum absolute atomic E-state index is 0.207. The van der Waals surface area contributed by atoms with Crippen molar-refractivity contribution >= 4 is 23.2 Å². The summed E-state index contributed by atoms with van der Waals surface area (Å²) < 4.78 is 0. The molecule has 0 spiro atoms. The third kappa shape index (κ3) is 5.41. The Balaban J connectivity index is 1.76. The minimum Gasteiger partial charge on any atom is -0.394 e. The number of carbonyl (C=O) groups excluding carboxylic acids is 1. The molecule has 4 nitrogen and oxygen atoms in total. The largest absolute Gasteiger partial charge is 0.394 e. The van der Waals surface area contributed by atoms with Gasteiger partial charge in [0.2, 0.25) is 0 Å². The average molecular weight is 423 g/mol. The first kappa shape index (κ1) is 21.9. The Bertz CT molecular complexity index is 1000. The van der Waals surface area contributed by atoms with Crippen molar-refractivity contribution in [2.45, 2.75) is 26.3 Å². The van der Waals surface area contributed by atoms with E-state index in [1.54, 1.807) is 18.2 Å². The van der Waals surface area contributed by atoms with Crippen LogP contribution in [-0.2, 0) is 0 Å². The van der Waals surface area contributed by atoms with Crippen LogP contribution in [0, 0.1) is 6.92 Å². The third-order valence-electron chi connectivity index (χ3n) is 5.01. The molecule has 0 heterocycles. The smallest absolute Gasteiger partial charge is 0.251 e. The molecular formula is C25H27ClN2O2. The number of halogens is 1. The highest BCUT2D eigenvalue weighted by Crippen LogP contribution is 2.27. The Morgan fingerprint density at radius 3 is 2.50 bits per heavy atom. The maximum Gasteiger partial charge on any atom is 0.251 e. The van der Waals surface area contributed by atoms with Gasteiger partial charge in [0, 0.05) is 22.8 Å². The quantitative estimate of drug-likeness (QED) is 0.442. The van der Waals surface area contributed by atoms with Gasteiger partial charge < -0.3 is 15.7 Å². The molecule has 1 unspecified atom stereocenters. The van der Waals surface area contributed by atoms with Crippen molar-refractivity contribution in [3.63, 3.8) is 0 Å². The van der Waals surface area contributed by atoms with E-state index in [0.29, 0.717) is 10.6 Å². The second-order valence-electron chi connectivity index (χ2n) is 7.30. The number of nitrogens with one attached hydrogen (secondary N) is 2. The van der Waals surface area contributed by atoms with Crippen LogP contribution in [0.5, 0.6) is 0 Å². The van der Waals surface area contributed by atoms with Gasteiger partial charge >= 0.3 is 0 Å². The summed E-state index contributed by atoms with van der Waals surface area (Å²) in [6, 6.07) is 20.5. The lowest BCUT2D eigenvalue weighted by Crippen LogP contribution is -2.30. The summed E-state index contributed by atoms with van der Waals surface area (Å²) in [5.74, 6) is -0.240. The van der Waals surface area contributed by atoms with Crippen molar-refractivity contribution in [3.8, 4) is 11.1 Å². The fourth-order valence-electron chi connectivity index (χ4n) is 3.31. The van der Waals surface area contributed by atoms with Crippen LogP contribution >= 0.6 is 11.6 Å². The average Bonchev–Trinajstić information content (AvgIpc) is 2.77. The summed E-state index contributed by atoms with van der Waals surface area (Å²) in [7, 11) is 0. The minimum atomic E-state index is -0.514. The number of anilines is 1. The molecule has 3 rings (SSSR count). The van der Waals surface area contributed by atoms with Gasteiger partial charge in [0.25, 0.3) is 5.91 Å². The number of aryl methyl sites for hydroxylation is 1. The number of carbonyl (C=O) groups is 1. The van der Waals surface area contributed by atoms with Crippen LogP contribution in [0.25, 0.3) is 11.1 Å². The molecule has 0 aromatic heterocycles. The van der Waals surface area contributed by atoms with E-state index in [-0.39, 0.29) is 12.5 Å². The molecule has 0 fully saturated rings. The number of rotatable bonds is 8. The lowest BCUT2D eigenvalue weighted by molar-refractivity contribution is 0.0916. The van der Waals surface area contributed by atoms with E-state index >= 15 is 0 Å². The Labute approximate surface area is 182 Å². The SMILES string of the molecule is CCCNc1ccc(C)c(-c2ccc(C(=O)NC(CO)c3cccc(Cl)c3)cc2)c1. The first-order chi connectivity index (χ1) is 14.5. The van der Waals surface area contributed by atoms with Crippen molar-refractivity contribution < 1.29 is 9.90 Å². The van der Waals surface area contributed by atoms with E-state index in [1.165, 1.54) is 5.56 Å². The second kappa shape index (κ2) is 10.3. The summed E-state index contributed by atoms with van der Waals surface area (Å²) in [5, 5.41) is 16.6. The monoisotopic (exact) mass is 422 g/mol. The van der Waals surface area contributed by atoms with Gasteiger partial charge in [-0.2, -0.15) is 0 Å². The molecule has 156 valence electrons. The van der Waals surface area contributed by atoms with Crippen molar-refractivity contribution in [1.82, 2.24) is 5.32 Å². The molecule has 1 amide bonds. The van der Waals surface area contributed by atoms with Gasteiger partial charge in [-0.25, -0.2) is 0 Å². The van der Waals surface area contributed by atoms with E-state index in [0.717, 1.165) is 35.3 Å². The molecule has 0 saturated heterocycles. The second-order valence-corrected chi connectivity index (χ2v) is 7.73. The molecule has 0 bridgehead atoms. The molecule has 0 radical (unpaired) electrons. The standard InChI is InChI=1S/C25H27ClN2O2/c1-3-13-27-22-12-7-17(2)23(15-22)18-8-10-19(11-9-18)25(30)28-24(16-29)20-5-4-6-21(26)14-20/h4-12,14-15,24,27,29H,3,13,16H2,1-2H3,(H,28,30). The van der Waals surface area contributed by atoms with Gasteiger partial charge in [0.15, 0.2) is 0 Å². The summed E-state index contributed by atoms with van der Waals surface area (Å²) in [4.78, 5) is 12.7. The molecular weight excluding hydrogens is 396 g/mol. The number of aliphatic hydroxyl groups excluding tert-OH is 1. The first-order valence-corrected chi connectivity index (χ1v) is 10.5. The molecule has 0 aliphatic rings. The predicted molar refractivity (Wildman–Crippen MR) is 124 cm³/mol. The number of benzene rings is 3. The summed E-state index contributed by atoms with van der Waals surface area (Å²) in [6.45, 7) is 4.94. The van der Waals surface area contributed by atoms with Crippen molar-refractivity contribution in [1.29, 1.82) is 0 Å². The molecule has 0 aliphatic carbocycles. The Kier molecular flexibility index (Phi) is 7.50. The van der Waals surface area contributed by atoms with Gasteiger partial charge in [0.05, 0.1) is 12.6 Å². The third-order valence-corrected chi connectivity index (χ3v) is 5.25. The zero-order valence-electron chi connectivity index (χ0n) is 17.3. The van der Waals surface area contributed by atoms with Crippen LogP contribution in [-0.4, -0.2) is 24.2 Å². The molecule has 3 aromatic rings. The zero-order chi connectivity index (χ0) is 21.5. The first-order valence-electron chi connectivity index (χ1n) is 10.1.